The zero-order valence-electron chi connectivity index (χ0n) is 12.6. The topological polar surface area (TPSA) is 21.3 Å². The third kappa shape index (κ3) is 14.0. The van der Waals surface area contributed by atoms with Crippen LogP contribution in [0.15, 0.2) is 0 Å². The molecule has 1 N–H and O–H groups in total. The first-order valence-corrected chi connectivity index (χ1v) is 7.79. The van der Waals surface area contributed by atoms with E-state index in [1.54, 1.807) is 0 Å². The van der Waals surface area contributed by atoms with E-state index in [4.69, 9.17) is 4.74 Å². The van der Waals surface area contributed by atoms with Crippen molar-refractivity contribution in [1.29, 1.82) is 0 Å². The molecule has 0 aliphatic rings. The highest BCUT2D eigenvalue weighted by molar-refractivity contribution is 4.66. The minimum absolute atomic E-state index is 0.411. The second-order valence-electron chi connectivity index (χ2n) is 5.07. The standard InChI is InChI=1S/C15H31F2NO/c1-3-5-6-7-8-9-10-14(18-4-2)11-12-19-13-15(16)17/h14-15,18H,3-13H2,1-2H3. The molecule has 0 aliphatic carbocycles. The summed E-state index contributed by atoms with van der Waals surface area (Å²) in [4.78, 5) is 0. The van der Waals surface area contributed by atoms with Crippen molar-refractivity contribution in [3.8, 4) is 0 Å². The summed E-state index contributed by atoms with van der Waals surface area (Å²) in [6, 6.07) is 0.411. The highest BCUT2D eigenvalue weighted by Gasteiger charge is 2.08. The molecule has 0 amide bonds. The van der Waals surface area contributed by atoms with Crippen LogP contribution in [-0.2, 0) is 4.74 Å². The maximum absolute atomic E-state index is 11.9. The fourth-order valence-electron chi connectivity index (χ4n) is 2.21. The Hall–Kier alpha value is -0.220. The molecule has 0 saturated heterocycles. The summed E-state index contributed by atoms with van der Waals surface area (Å²) in [6.45, 7) is 5.22. The smallest absolute Gasteiger partial charge is 0.261 e. The fraction of sp³-hybridized carbons (Fsp3) is 1.00. The Balaban J connectivity index is 3.50. The first kappa shape index (κ1) is 18.8. The van der Waals surface area contributed by atoms with Crippen molar-refractivity contribution >= 4 is 0 Å². The maximum atomic E-state index is 11.9. The number of nitrogens with one attached hydrogen (secondary N) is 1. The number of alkyl halides is 2. The summed E-state index contributed by atoms with van der Waals surface area (Å²) >= 11 is 0. The molecule has 0 bridgehead atoms. The zero-order chi connectivity index (χ0) is 14.3. The van der Waals surface area contributed by atoms with Gasteiger partial charge in [-0.1, -0.05) is 52.4 Å². The minimum atomic E-state index is -2.35. The lowest BCUT2D eigenvalue weighted by molar-refractivity contribution is 0.0142. The summed E-state index contributed by atoms with van der Waals surface area (Å²) in [7, 11) is 0. The van der Waals surface area contributed by atoms with Gasteiger partial charge in [0.05, 0.1) is 0 Å². The monoisotopic (exact) mass is 279 g/mol. The molecule has 0 rings (SSSR count). The summed E-state index contributed by atoms with van der Waals surface area (Å²) in [5, 5.41) is 3.41. The largest absolute Gasteiger partial charge is 0.375 e. The van der Waals surface area contributed by atoms with Crippen LogP contribution in [-0.4, -0.2) is 32.2 Å². The average molecular weight is 279 g/mol. The van der Waals surface area contributed by atoms with E-state index < -0.39 is 13.0 Å². The van der Waals surface area contributed by atoms with Crippen molar-refractivity contribution in [1.82, 2.24) is 5.32 Å². The van der Waals surface area contributed by atoms with Gasteiger partial charge in [-0.15, -0.1) is 0 Å². The molecule has 0 aromatic carbocycles. The third-order valence-electron chi connectivity index (χ3n) is 3.25. The second kappa shape index (κ2) is 14.2. The molecule has 0 aromatic heterocycles. The number of halogens is 2. The van der Waals surface area contributed by atoms with Gasteiger partial charge in [-0.3, -0.25) is 0 Å². The highest BCUT2D eigenvalue weighted by atomic mass is 19.3. The number of rotatable bonds is 14. The van der Waals surface area contributed by atoms with Crippen molar-refractivity contribution in [3.63, 3.8) is 0 Å². The van der Waals surface area contributed by atoms with Crippen LogP contribution < -0.4 is 5.32 Å². The molecule has 0 aliphatic heterocycles. The lowest BCUT2D eigenvalue weighted by Gasteiger charge is -2.17. The van der Waals surface area contributed by atoms with Crippen molar-refractivity contribution in [2.24, 2.45) is 0 Å². The summed E-state index contributed by atoms with van der Waals surface area (Å²) in [5.41, 5.74) is 0. The van der Waals surface area contributed by atoms with Crippen molar-refractivity contribution in [2.45, 2.75) is 77.7 Å². The Morgan fingerprint density at radius 3 is 2.26 bits per heavy atom. The van der Waals surface area contributed by atoms with Gasteiger partial charge in [-0.25, -0.2) is 8.78 Å². The van der Waals surface area contributed by atoms with Gasteiger partial charge >= 0.3 is 0 Å². The predicted octanol–water partition coefficient (Wildman–Crippen LogP) is 4.39. The van der Waals surface area contributed by atoms with Crippen molar-refractivity contribution in [2.75, 3.05) is 19.8 Å². The first-order valence-electron chi connectivity index (χ1n) is 7.79. The summed E-state index contributed by atoms with van der Waals surface area (Å²) < 4.78 is 28.8. The molecule has 19 heavy (non-hydrogen) atoms. The van der Waals surface area contributed by atoms with E-state index in [0.29, 0.717) is 12.6 Å². The minimum Gasteiger partial charge on any atom is -0.375 e. The summed E-state index contributed by atoms with van der Waals surface area (Å²) in [5.74, 6) is 0. The van der Waals surface area contributed by atoms with Gasteiger partial charge in [0.25, 0.3) is 6.43 Å². The van der Waals surface area contributed by atoms with E-state index in [2.05, 4.69) is 19.2 Å². The average Bonchev–Trinajstić information content (AvgIpc) is 2.38. The van der Waals surface area contributed by atoms with Crippen LogP contribution in [0.4, 0.5) is 8.78 Å². The van der Waals surface area contributed by atoms with Gasteiger partial charge in [0.2, 0.25) is 0 Å². The quantitative estimate of drug-likeness (QED) is 0.476. The lowest BCUT2D eigenvalue weighted by atomic mass is 10.0. The van der Waals surface area contributed by atoms with Gasteiger partial charge in [0, 0.05) is 12.6 Å². The molecule has 0 saturated carbocycles. The number of ether oxygens (including phenoxy) is 1. The molecule has 1 unspecified atom stereocenters. The van der Waals surface area contributed by atoms with E-state index in [1.807, 2.05) is 0 Å². The van der Waals surface area contributed by atoms with E-state index in [0.717, 1.165) is 19.4 Å². The number of unbranched alkanes of at least 4 members (excludes halogenated alkanes) is 5. The maximum Gasteiger partial charge on any atom is 0.261 e. The van der Waals surface area contributed by atoms with E-state index in [9.17, 15) is 8.78 Å². The predicted molar refractivity (Wildman–Crippen MR) is 76.9 cm³/mol. The molecular weight excluding hydrogens is 248 g/mol. The Bertz CT molecular complexity index is 180. The molecule has 0 heterocycles. The Morgan fingerprint density at radius 2 is 1.63 bits per heavy atom. The second-order valence-corrected chi connectivity index (χ2v) is 5.07. The van der Waals surface area contributed by atoms with Crippen molar-refractivity contribution < 1.29 is 13.5 Å². The lowest BCUT2D eigenvalue weighted by Crippen LogP contribution is -2.30. The Kier molecular flexibility index (Phi) is 14.0. The molecular formula is C15H31F2NO. The van der Waals surface area contributed by atoms with Crippen LogP contribution in [0.3, 0.4) is 0 Å². The zero-order valence-corrected chi connectivity index (χ0v) is 12.6. The third-order valence-corrected chi connectivity index (χ3v) is 3.25. The fourth-order valence-corrected chi connectivity index (χ4v) is 2.21. The van der Waals surface area contributed by atoms with Crippen LogP contribution in [0.2, 0.25) is 0 Å². The molecule has 0 spiro atoms. The van der Waals surface area contributed by atoms with Crippen molar-refractivity contribution in [3.05, 3.63) is 0 Å². The van der Waals surface area contributed by atoms with Crippen LogP contribution in [0.1, 0.15) is 65.2 Å². The van der Waals surface area contributed by atoms with Gasteiger partial charge < -0.3 is 10.1 Å². The molecule has 0 fully saturated rings. The molecule has 116 valence electrons. The molecule has 0 radical (unpaired) electrons. The molecule has 4 heteroatoms. The van der Waals surface area contributed by atoms with E-state index in [-0.39, 0.29) is 0 Å². The van der Waals surface area contributed by atoms with Crippen LogP contribution in [0.25, 0.3) is 0 Å². The van der Waals surface area contributed by atoms with Gasteiger partial charge in [-0.2, -0.15) is 0 Å². The summed E-state index contributed by atoms with van der Waals surface area (Å²) in [6.07, 6.45) is 7.36. The molecule has 0 aromatic rings. The molecule has 2 nitrogen and oxygen atoms in total. The van der Waals surface area contributed by atoms with Gasteiger partial charge in [0.1, 0.15) is 6.61 Å². The Morgan fingerprint density at radius 1 is 0.947 bits per heavy atom. The van der Waals surface area contributed by atoms with E-state index in [1.165, 1.54) is 38.5 Å². The number of hydrogen-bond donors (Lipinski definition) is 1. The van der Waals surface area contributed by atoms with Crippen LogP contribution >= 0.6 is 0 Å². The van der Waals surface area contributed by atoms with Crippen LogP contribution in [0, 0.1) is 0 Å². The first-order chi connectivity index (χ1) is 9.20. The number of hydrogen-bond acceptors (Lipinski definition) is 2. The highest BCUT2D eigenvalue weighted by Crippen LogP contribution is 2.10. The normalized spacial score (nSPS) is 13.1. The van der Waals surface area contributed by atoms with E-state index >= 15 is 0 Å². The SMILES string of the molecule is CCCCCCCCC(CCOCC(F)F)NCC. The molecule has 1 atom stereocenters. The van der Waals surface area contributed by atoms with Crippen LogP contribution in [0.5, 0.6) is 0 Å². The van der Waals surface area contributed by atoms with Gasteiger partial charge in [-0.05, 0) is 19.4 Å². The Labute approximate surface area is 117 Å². The van der Waals surface area contributed by atoms with Gasteiger partial charge in [0.15, 0.2) is 0 Å².